The Morgan fingerprint density at radius 2 is 2.25 bits per heavy atom. The zero-order valence-electron chi connectivity index (χ0n) is 11.9. The molecule has 1 aromatic rings. The number of urea groups is 1. The number of rotatable bonds is 7. The second-order valence-corrected chi connectivity index (χ2v) is 4.32. The molecule has 0 saturated carbocycles. The molecule has 0 atom stereocenters. The number of aliphatic hydroxyl groups excluding tert-OH is 1. The average Bonchev–Trinajstić information content (AvgIpc) is 2.45. The Hall–Kier alpha value is -1.66. The summed E-state index contributed by atoms with van der Waals surface area (Å²) in [6, 6.07) is 4.40. The van der Waals surface area contributed by atoms with Crippen molar-refractivity contribution in [3.63, 3.8) is 0 Å². The van der Waals surface area contributed by atoms with Crippen LogP contribution in [0.4, 0.5) is 9.18 Å². The number of carbonyl (C=O) groups excluding carboxylic acids is 1. The van der Waals surface area contributed by atoms with E-state index >= 15 is 0 Å². The number of amides is 2. The Labute approximate surface area is 118 Å². The van der Waals surface area contributed by atoms with Crippen molar-refractivity contribution >= 4 is 6.03 Å². The number of halogens is 1. The minimum absolute atomic E-state index is 0.0736. The SMILES string of the molecule is CCN(CCO)C(=O)NCc1ccc(F)c(COC)c1. The molecule has 2 amide bonds. The van der Waals surface area contributed by atoms with Gasteiger partial charge in [-0.2, -0.15) is 0 Å². The molecule has 112 valence electrons. The van der Waals surface area contributed by atoms with Crippen LogP contribution >= 0.6 is 0 Å². The van der Waals surface area contributed by atoms with E-state index in [9.17, 15) is 9.18 Å². The summed E-state index contributed by atoms with van der Waals surface area (Å²) < 4.78 is 18.3. The highest BCUT2D eigenvalue weighted by Crippen LogP contribution is 2.11. The molecule has 6 heteroatoms. The molecule has 0 bridgehead atoms. The van der Waals surface area contributed by atoms with Crippen LogP contribution in [0.15, 0.2) is 18.2 Å². The minimum atomic E-state index is -0.322. The third-order valence-electron chi connectivity index (χ3n) is 2.89. The topological polar surface area (TPSA) is 61.8 Å². The molecule has 0 aliphatic heterocycles. The number of carbonyl (C=O) groups is 1. The van der Waals surface area contributed by atoms with Crippen molar-refractivity contribution < 1.29 is 19.0 Å². The van der Waals surface area contributed by atoms with Crippen LogP contribution in [0.1, 0.15) is 18.1 Å². The Morgan fingerprint density at radius 1 is 1.50 bits per heavy atom. The number of hydrogen-bond donors (Lipinski definition) is 2. The number of nitrogens with one attached hydrogen (secondary N) is 1. The maximum absolute atomic E-state index is 13.4. The number of aliphatic hydroxyl groups is 1. The first-order valence-corrected chi connectivity index (χ1v) is 6.52. The van der Waals surface area contributed by atoms with E-state index in [0.717, 1.165) is 5.56 Å². The van der Waals surface area contributed by atoms with Crippen molar-refractivity contribution in [3.8, 4) is 0 Å². The highest BCUT2D eigenvalue weighted by Gasteiger charge is 2.10. The lowest BCUT2D eigenvalue weighted by atomic mass is 10.1. The summed E-state index contributed by atoms with van der Waals surface area (Å²) in [6.45, 7) is 3.07. The molecule has 0 radical (unpaired) electrons. The lowest BCUT2D eigenvalue weighted by molar-refractivity contribution is 0.179. The first-order valence-electron chi connectivity index (χ1n) is 6.52. The Kier molecular flexibility index (Phi) is 6.97. The van der Waals surface area contributed by atoms with E-state index in [-0.39, 0.29) is 25.1 Å². The van der Waals surface area contributed by atoms with Crippen LogP contribution in [0.5, 0.6) is 0 Å². The van der Waals surface area contributed by atoms with E-state index in [1.54, 1.807) is 12.1 Å². The maximum atomic E-state index is 13.4. The molecule has 20 heavy (non-hydrogen) atoms. The van der Waals surface area contributed by atoms with Gasteiger partial charge in [-0.1, -0.05) is 6.07 Å². The van der Waals surface area contributed by atoms with Gasteiger partial charge in [0.1, 0.15) is 5.82 Å². The number of methoxy groups -OCH3 is 1. The average molecular weight is 284 g/mol. The maximum Gasteiger partial charge on any atom is 0.317 e. The Balaban J connectivity index is 2.60. The van der Waals surface area contributed by atoms with Crippen molar-refractivity contribution in [2.75, 3.05) is 26.8 Å². The molecule has 0 unspecified atom stereocenters. The van der Waals surface area contributed by atoms with E-state index in [1.807, 2.05) is 6.92 Å². The zero-order chi connectivity index (χ0) is 15.0. The molecule has 0 aromatic heterocycles. The van der Waals surface area contributed by atoms with Gasteiger partial charge in [0.25, 0.3) is 0 Å². The highest BCUT2D eigenvalue weighted by molar-refractivity contribution is 5.74. The molecule has 0 saturated heterocycles. The summed E-state index contributed by atoms with van der Waals surface area (Å²) in [7, 11) is 1.50. The lowest BCUT2D eigenvalue weighted by Gasteiger charge is -2.20. The number of nitrogens with zero attached hydrogens (tertiary/aromatic N) is 1. The summed E-state index contributed by atoms with van der Waals surface area (Å²) in [5.41, 5.74) is 1.26. The van der Waals surface area contributed by atoms with Gasteiger partial charge in [0.2, 0.25) is 0 Å². The molecule has 0 aliphatic carbocycles. The zero-order valence-corrected chi connectivity index (χ0v) is 11.9. The molecule has 5 nitrogen and oxygen atoms in total. The van der Waals surface area contributed by atoms with Crippen LogP contribution in [0.3, 0.4) is 0 Å². The quantitative estimate of drug-likeness (QED) is 0.797. The molecule has 0 aliphatic rings. The van der Waals surface area contributed by atoms with Crippen molar-refractivity contribution in [3.05, 3.63) is 35.1 Å². The van der Waals surface area contributed by atoms with Crippen molar-refractivity contribution in [2.24, 2.45) is 0 Å². The lowest BCUT2D eigenvalue weighted by Crippen LogP contribution is -2.41. The number of likely N-dealkylation sites (N-methyl/N-ethyl adjacent to an activating group) is 1. The molecule has 0 spiro atoms. The van der Waals surface area contributed by atoms with Crippen molar-refractivity contribution in [2.45, 2.75) is 20.1 Å². The van der Waals surface area contributed by atoms with Crippen LogP contribution in [0.2, 0.25) is 0 Å². The molecule has 0 heterocycles. The summed E-state index contributed by atoms with van der Waals surface area (Å²) in [5.74, 6) is -0.322. The highest BCUT2D eigenvalue weighted by atomic mass is 19.1. The predicted molar refractivity (Wildman–Crippen MR) is 73.7 cm³/mol. The molecular weight excluding hydrogens is 263 g/mol. The van der Waals surface area contributed by atoms with Crippen molar-refractivity contribution in [1.29, 1.82) is 0 Å². The van der Waals surface area contributed by atoms with Crippen LogP contribution in [0, 0.1) is 5.82 Å². The summed E-state index contributed by atoms with van der Waals surface area (Å²) in [5, 5.41) is 11.6. The number of benzene rings is 1. The smallest absolute Gasteiger partial charge is 0.317 e. The minimum Gasteiger partial charge on any atom is -0.395 e. The van der Waals surface area contributed by atoms with Gasteiger partial charge in [-0.3, -0.25) is 0 Å². The van der Waals surface area contributed by atoms with E-state index in [2.05, 4.69) is 5.32 Å². The molecule has 1 rings (SSSR count). The third-order valence-corrected chi connectivity index (χ3v) is 2.89. The van der Waals surface area contributed by atoms with E-state index < -0.39 is 0 Å². The monoisotopic (exact) mass is 284 g/mol. The van der Waals surface area contributed by atoms with Crippen LogP contribution in [-0.2, 0) is 17.9 Å². The van der Waals surface area contributed by atoms with E-state index in [0.29, 0.717) is 25.2 Å². The van der Waals surface area contributed by atoms with E-state index in [1.165, 1.54) is 18.1 Å². The van der Waals surface area contributed by atoms with Gasteiger partial charge in [0.15, 0.2) is 0 Å². The Morgan fingerprint density at radius 3 is 2.85 bits per heavy atom. The fourth-order valence-electron chi connectivity index (χ4n) is 1.82. The predicted octanol–water partition coefficient (Wildman–Crippen LogP) is 1.50. The van der Waals surface area contributed by atoms with Gasteiger partial charge in [-0.15, -0.1) is 0 Å². The molecule has 2 N–H and O–H groups in total. The molecule has 1 aromatic carbocycles. The number of ether oxygens (including phenoxy) is 1. The van der Waals surface area contributed by atoms with Crippen LogP contribution in [-0.4, -0.2) is 42.8 Å². The van der Waals surface area contributed by atoms with E-state index in [4.69, 9.17) is 9.84 Å². The standard InChI is InChI=1S/C14H21FN2O3/c1-3-17(6-7-18)14(19)16-9-11-4-5-13(15)12(8-11)10-20-2/h4-5,8,18H,3,6-7,9-10H2,1-2H3,(H,16,19). The second-order valence-electron chi connectivity index (χ2n) is 4.32. The third kappa shape index (κ3) is 4.79. The molecular formula is C14H21FN2O3. The fraction of sp³-hybridized carbons (Fsp3) is 0.500. The summed E-state index contributed by atoms with van der Waals surface area (Å²) in [6.07, 6.45) is 0. The first-order chi connectivity index (χ1) is 9.62. The largest absolute Gasteiger partial charge is 0.395 e. The Bertz CT molecular complexity index is 440. The van der Waals surface area contributed by atoms with Gasteiger partial charge in [0, 0.05) is 32.3 Å². The van der Waals surface area contributed by atoms with Gasteiger partial charge in [-0.25, -0.2) is 9.18 Å². The number of hydrogen-bond acceptors (Lipinski definition) is 3. The fourth-order valence-corrected chi connectivity index (χ4v) is 1.82. The first kappa shape index (κ1) is 16.4. The molecule has 0 fully saturated rings. The normalized spacial score (nSPS) is 10.4. The van der Waals surface area contributed by atoms with Crippen LogP contribution in [0.25, 0.3) is 0 Å². The second kappa shape index (κ2) is 8.50. The van der Waals surface area contributed by atoms with Crippen LogP contribution < -0.4 is 5.32 Å². The van der Waals surface area contributed by atoms with Gasteiger partial charge < -0.3 is 20.1 Å². The van der Waals surface area contributed by atoms with Gasteiger partial charge >= 0.3 is 6.03 Å². The summed E-state index contributed by atoms with van der Waals surface area (Å²) in [4.78, 5) is 13.3. The van der Waals surface area contributed by atoms with Gasteiger partial charge in [0.05, 0.1) is 13.2 Å². The van der Waals surface area contributed by atoms with Crippen molar-refractivity contribution in [1.82, 2.24) is 10.2 Å². The van der Waals surface area contributed by atoms with Gasteiger partial charge in [-0.05, 0) is 24.6 Å². The summed E-state index contributed by atoms with van der Waals surface area (Å²) >= 11 is 0.